The van der Waals surface area contributed by atoms with E-state index >= 15 is 0 Å². The molecule has 1 aromatic carbocycles. The molecule has 5 nitrogen and oxygen atoms in total. The zero-order chi connectivity index (χ0) is 10.7. The van der Waals surface area contributed by atoms with E-state index in [2.05, 4.69) is 5.27 Å². The summed E-state index contributed by atoms with van der Waals surface area (Å²) in [6.45, 7) is 0.546. The molecule has 0 aliphatic rings. The molecule has 78 valence electrons. The number of anilines is 1. The fraction of sp³-hybridized carbons (Fsp3) is 0.200. The maximum Gasteiger partial charge on any atom is 0.293 e. The smallest absolute Gasteiger partial charge is 0.293 e. The Morgan fingerprint density at radius 1 is 1.33 bits per heavy atom. The van der Waals surface area contributed by atoms with Gasteiger partial charge in [-0.15, -0.1) is 0 Å². The second-order valence-corrected chi connectivity index (χ2v) is 3.34. The molecule has 4 N–H and O–H groups in total. The number of rotatable bonds is 3. The van der Waals surface area contributed by atoms with Crippen LogP contribution in [0.2, 0.25) is 0 Å². The summed E-state index contributed by atoms with van der Waals surface area (Å²) in [5.74, 6) is 0.287. The highest BCUT2D eigenvalue weighted by Crippen LogP contribution is 2.09. The van der Waals surface area contributed by atoms with E-state index in [0.29, 0.717) is 6.54 Å². The first-order chi connectivity index (χ1) is 7.25. The normalized spacial score (nSPS) is 12.6. The number of benzene rings is 1. The van der Waals surface area contributed by atoms with E-state index in [1.807, 2.05) is 30.3 Å². The van der Waals surface area contributed by atoms with Gasteiger partial charge in [0.1, 0.15) is 0 Å². The Labute approximate surface area is 87.3 Å². The third-order valence-corrected chi connectivity index (χ3v) is 2.14. The minimum absolute atomic E-state index is 0.110. The predicted molar refractivity (Wildman–Crippen MR) is 54.5 cm³/mol. The summed E-state index contributed by atoms with van der Waals surface area (Å²) in [7, 11) is 0. The van der Waals surface area contributed by atoms with Crippen LogP contribution in [0.5, 0.6) is 0 Å². The predicted octanol–water partition coefficient (Wildman–Crippen LogP) is 0.244. The van der Waals surface area contributed by atoms with Gasteiger partial charge in [0.25, 0.3) is 12.1 Å². The molecule has 2 aromatic rings. The van der Waals surface area contributed by atoms with Crippen LogP contribution in [-0.4, -0.2) is 5.27 Å². The topological polar surface area (TPSA) is 82.0 Å². The molecule has 0 fully saturated rings. The number of nitrogens with two attached hydrogens (primary N) is 2. The van der Waals surface area contributed by atoms with E-state index in [1.165, 1.54) is 0 Å². The number of aromatic nitrogens is 2. The highest BCUT2D eigenvalue weighted by Gasteiger charge is 2.15. The lowest BCUT2D eigenvalue weighted by Crippen LogP contribution is -2.40. The molecule has 2 rings (SSSR count). The summed E-state index contributed by atoms with van der Waals surface area (Å²) in [6.07, 6.45) is 1.61. The number of hydrogen-bond acceptors (Lipinski definition) is 4. The van der Waals surface area contributed by atoms with Crippen molar-refractivity contribution in [2.45, 2.75) is 12.6 Å². The van der Waals surface area contributed by atoms with Crippen LogP contribution in [0.4, 0.5) is 5.88 Å². The van der Waals surface area contributed by atoms with Crippen LogP contribution in [0.15, 0.2) is 41.1 Å². The first-order valence-corrected chi connectivity index (χ1v) is 4.68. The molecule has 1 unspecified atom stereocenters. The van der Waals surface area contributed by atoms with Crippen LogP contribution < -0.4 is 16.1 Å². The van der Waals surface area contributed by atoms with E-state index in [-0.39, 0.29) is 11.9 Å². The molecule has 1 atom stereocenters. The SMILES string of the molecule is Nc1c[n+](CC(N)c2ccccc2)no1. The van der Waals surface area contributed by atoms with Crippen molar-refractivity contribution in [2.24, 2.45) is 5.73 Å². The van der Waals surface area contributed by atoms with Crippen LogP contribution in [0, 0.1) is 0 Å². The highest BCUT2D eigenvalue weighted by atomic mass is 16.5. The molecule has 1 aromatic heterocycles. The second-order valence-electron chi connectivity index (χ2n) is 3.34. The standard InChI is InChI=1S/C10H13N4O/c11-9(8-4-2-1-3-5-8)6-14-7-10(12)15-13-14/h1-5,7,9H,6,11-12H2/q+1. The first-order valence-electron chi connectivity index (χ1n) is 4.68. The Hall–Kier alpha value is -1.88. The van der Waals surface area contributed by atoms with E-state index < -0.39 is 0 Å². The summed E-state index contributed by atoms with van der Waals surface area (Å²) in [6, 6.07) is 9.72. The second kappa shape index (κ2) is 4.10. The molecule has 15 heavy (non-hydrogen) atoms. The summed E-state index contributed by atoms with van der Waals surface area (Å²) in [5, 5.41) is 3.72. The zero-order valence-corrected chi connectivity index (χ0v) is 8.21. The van der Waals surface area contributed by atoms with Crippen molar-refractivity contribution in [2.75, 3.05) is 5.73 Å². The van der Waals surface area contributed by atoms with Gasteiger partial charge in [0.15, 0.2) is 6.54 Å². The van der Waals surface area contributed by atoms with E-state index in [1.54, 1.807) is 10.9 Å². The summed E-state index contributed by atoms with van der Waals surface area (Å²) in [5.41, 5.74) is 12.5. The molecule has 1 heterocycles. The third-order valence-electron chi connectivity index (χ3n) is 2.14. The molecule has 0 saturated heterocycles. The minimum atomic E-state index is -0.110. The van der Waals surface area contributed by atoms with E-state index in [9.17, 15) is 0 Å². The van der Waals surface area contributed by atoms with Crippen molar-refractivity contribution < 1.29 is 9.20 Å². The van der Waals surface area contributed by atoms with Crippen molar-refractivity contribution in [3.63, 3.8) is 0 Å². The molecule has 0 aliphatic carbocycles. The van der Waals surface area contributed by atoms with Gasteiger partial charge in [-0.1, -0.05) is 30.3 Å². The van der Waals surface area contributed by atoms with Crippen LogP contribution in [0.1, 0.15) is 11.6 Å². The van der Waals surface area contributed by atoms with Gasteiger partial charge in [0.05, 0.1) is 6.04 Å². The Morgan fingerprint density at radius 2 is 2.07 bits per heavy atom. The average Bonchev–Trinajstić information content (AvgIpc) is 2.65. The molecule has 5 heteroatoms. The fourth-order valence-electron chi connectivity index (χ4n) is 1.39. The molecule has 0 saturated carbocycles. The minimum Gasteiger partial charge on any atom is -0.362 e. The van der Waals surface area contributed by atoms with Gasteiger partial charge in [-0.3, -0.25) is 4.52 Å². The molecule has 0 aliphatic heterocycles. The summed E-state index contributed by atoms with van der Waals surface area (Å²) < 4.78 is 6.33. The van der Waals surface area contributed by atoms with Gasteiger partial charge in [0, 0.05) is 0 Å². The van der Waals surface area contributed by atoms with Gasteiger partial charge in [-0.2, -0.15) is 0 Å². The van der Waals surface area contributed by atoms with Gasteiger partial charge >= 0.3 is 0 Å². The lowest BCUT2D eigenvalue weighted by Gasteiger charge is -2.05. The van der Waals surface area contributed by atoms with Gasteiger partial charge in [-0.25, -0.2) is 0 Å². The van der Waals surface area contributed by atoms with Crippen LogP contribution in [0.25, 0.3) is 0 Å². The van der Waals surface area contributed by atoms with Gasteiger partial charge in [0.2, 0.25) is 5.27 Å². The first kappa shape index (κ1) is 9.67. The summed E-state index contributed by atoms with van der Waals surface area (Å²) in [4.78, 5) is 0. The third kappa shape index (κ3) is 2.32. The maximum atomic E-state index is 5.99. The highest BCUT2D eigenvalue weighted by molar-refractivity contribution is 5.17. The van der Waals surface area contributed by atoms with Crippen molar-refractivity contribution in [1.82, 2.24) is 5.27 Å². The lowest BCUT2D eigenvalue weighted by molar-refractivity contribution is -0.764. The Morgan fingerprint density at radius 3 is 2.67 bits per heavy atom. The van der Waals surface area contributed by atoms with Crippen LogP contribution >= 0.6 is 0 Å². The Bertz CT molecular complexity index is 426. The number of nitrogen functional groups attached to an aromatic ring is 1. The maximum absolute atomic E-state index is 5.99. The van der Waals surface area contributed by atoms with Crippen molar-refractivity contribution in [3.05, 3.63) is 42.1 Å². The van der Waals surface area contributed by atoms with Gasteiger partial charge < -0.3 is 11.5 Å². The van der Waals surface area contributed by atoms with Crippen molar-refractivity contribution >= 4 is 5.88 Å². The Kier molecular flexibility index (Phi) is 2.64. The van der Waals surface area contributed by atoms with E-state index in [4.69, 9.17) is 16.0 Å². The molecule has 0 spiro atoms. The molecular weight excluding hydrogens is 192 g/mol. The quantitative estimate of drug-likeness (QED) is 0.703. The van der Waals surface area contributed by atoms with Crippen LogP contribution in [0.3, 0.4) is 0 Å². The molecular formula is C10H13N4O+. The fourth-order valence-corrected chi connectivity index (χ4v) is 1.39. The Balaban J connectivity index is 2.07. The molecule has 0 bridgehead atoms. The van der Waals surface area contributed by atoms with Crippen molar-refractivity contribution in [1.29, 1.82) is 0 Å². The molecule has 0 amide bonds. The lowest BCUT2D eigenvalue weighted by atomic mass is 10.1. The zero-order valence-electron chi connectivity index (χ0n) is 8.21. The van der Waals surface area contributed by atoms with Crippen LogP contribution in [-0.2, 0) is 6.54 Å². The van der Waals surface area contributed by atoms with Gasteiger partial charge in [-0.05, 0) is 10.2 Å². The molecule has 0 radical (unpaired) electrons. The van der Waals surface area contributed by atoms with E-state index in [0.717, 1.165) is 5.56 Å². The summed E-state index contributed by atoms with van der Waals surface area (Å²) >= 11 is 0. The van der Waals surface area contributed by atoms with Crippen molar-refractivity contribution in [3.8, 4) is 0 Å². The number of hydrogen-bond donors (Lipinski definition) is 2. The number of nitrogens with zero attached hydrogens (tertiary/aromatic N) is 2. The monoisotopic (exact) mass is 205 g/mol. The largest absolute Gasteiger partial charge is 0.362 e. The average molecular weight is 205 g/mol.